The summed E-state index contributed by atoms with van der Waals surface area (Å²) in [4.78, 5) is 56.7. The maximum absolute atomic E-state index is 13.1. The van der Waals surface area contributed by atoms with Gasteiger partial charge in [0.15, 0.2) is 12.4 Å². The summed E-state index contributed by atoms with van der Waals surface area (Å²) < 4.78 is 5.28. The van der Waals surface area contributed by atoms with Crippen molar-refractivity contribution in [2.75, 3.05) is 11.5 Å². The molecule has 9 heteroatoms. The second-order valence-corrected chi connectivity index (χ2v) is 11.2. The van der Waals surface area contributed by atoms with Crippen LogP contribution in [0, 0.1) is 18.3 Å². The standard InChI is InChI=1S/C33H23N3O5S/c1-19-6-7-23(17-34)31(35-19)42-29-16-30(38)36(32(29)39)25-11-8-20(9-12-25)33(40)41-18-28(37)22-10-13-27-24(15-22)14-21-4-2-3-5-26(21)27/h2-13,15,29H,14,16,18H2,1H3. The molecule has 1 unspecified atom stereocenters. The number of nitriles is 1. The number of nitrogens with zero attached hydrogens (tertiary/aromatic N) is 3. The predicted molar refractivity (Wildman–Crippen MR) is 156 cm³/mol. The van der Waals surface area contributed by atoms with Crippen molar-refractivity contribution in [3.63, 3.8) is 0 Å². The van der Waals surface area contributed by atoms with Crippen molar-refractivity contribution in [2.45, 2.75) is 30.0 Å². The van der Waals surface area contributed by atoms with E-state index in [9.17, 15) is 24.4 Å². The number of aromatic nitrogens is 1. The van der Waals surface area contributed by atoms with Gasteiger partial charge in [-0.3, -0.25) is 14.4 Å². The van der Waals surface area contributed by atoms with E-state index in [0.29, 0.717) is 27.5 Å². The van der Waals surface area contributed by atoms with Crippen molar-refractivity contribution in [1.82, 2.24) is 4.98 Å². The maximum atomic E-state index is 13.1. The number of fused-ring (bicyclic) bond motifs is 3. The molecule has 2 heterocycles. The highest BCUT2D eigenvalue weighted by molar-refractivity contribution is 8.00. The van der Waals surface area contributed by atoms with Crippen molar-refractivity contribution in [3.05, 3.63) is 112 Å². The fourth-order valence-corrected chi connectivity index (χ4v) is 6.31. The minimum atomic E-state index is -0.720. The number of hydrogen-bond acceptors (Lipinski definition) is 8. The summed E-state index contributed by atoms with van der Waals surface area (Å²) in [5, 5.41) is 9.06. The largest absolute Gasteiger partial charge is 0.454 e. The number of anilines is 1. The van der Waals surface area contributed by atoms with Gasteiger partial charge in [-0.15, -0.1) is 0 Å². The van der Waals surface area contributed by atoms with Crippen molar-refractivity contribution >= 4 is 41.0 Å². The summed E-state index contributed by atoms with van der Waals surface area (Å²) in [6.07, 6.45) is 0.717. The van der Waals surface area contributed by atoms with Crippen LogP contribution in [0.2, 0.25) is 0 Å². The smallest absolute Gasteiger partial charge is 0.338 e. The highest BCUT2D eigenvalue weighted by Gasteiger charge is 2.40. The number of ether oxygens (including phenoxy) is 1. The molecule has 42 heavy (non-hydrogen) atoms. The Balaban J connectivity index is 1.08. The summed E-state index contributed by atoms with van der Waals surface area (Å²) in [6, 6.07) is 25.0. The van der Waals surface area contributed by atoms with E-state index in [2.05, 4.69) is 23.2 Å². The van der Waals surface area contributed by atoms with Gasteiger partial charge < -0.3 is 4.74 Å². The molecule has 0 spiro atoms. The molecule has 8 nitrogen and oxygen atoms in total. The number of carbonyl (C=O) groups excluding carboxylic acids is 4. The van der Waals surface area contributed by atoms with Crippen LogP contribution in [-0.2, 0) is 20.7 Å². The molecule has 1 aromatic heterocycles. The Hall–Kier alpha value is -5.07. The molecule has 206 valence electrons. The first-order chi connectivity index (χ1) is 20.3. The fourth-order valence-electron chi connectivity index (χ4n) is 5.17. The van der Waals surface area contributed by atoms with Crippen LogP contribution in [0.4, 0.5) is 5.69 Å². The van der Waals surface area contributed by atoms with Gasteiger partial charge in [-0.05, 0) is 78.1 Å². The van der Waals surface area contributed by atoms with Crippen LogP contribution >= 0.6 is 11.8 Å². The molecule has 0 N–H and O–H groups in total. The Morgan fingerprint density at radius 1 is 0.976 bits per heavy atom. The number of rotatable bonds is 7. The van der Waals surface area contributed by atoms with Crippen LogP contribution in [0.3, 0.4) is 0 Å². The Labute approximate surface area is 245 Å². The molecular formula is C33H23N3O5S. The lowest BCUT2D eigenvalue weighted by molar-refractivity contribution is -0.121. The van der Waals surface area contributed by atoms with Gasteiger partial charge in [0.05, 0.1) is 22.1 Å². The highest BCUT2D eigenvalue weighted by Crippen LogP contribution is 2.37. The van der Waals surface area contributed by atoms with E-state index in [-0.39, 0.29) is 23.7 Å². The molecule has 1 aliphatic carbocycles. The summed E-state index contributed by atoms with van der Waals surface area (Å²) in [7, 11) is 0. The zero-order chi connectivity index (χ0) is 29.4. The zero-order valence-corrected chi connectivity index (χ0v) is 23.3. The number of Topliss-reactive ketones (excluding diaryl/α,β-unsaturated/α-hetero) is 1. The van der Waals surface area contributed by atoms with Gasteiger partial charge in [-0.2, -0.15) is 5.26 Å². The Morgan fingerprint density at radius 3 is 2.50 bits per heavy atom. The van der Waals surface area contributed by atoms with E-state index in [1.165, 1.54) is 35.4 Å². The van der Waals surface area contributed by atoms with Gasteiger partial charge >= 0.3 is 5.97 Å². The van der Waals surface area contributed by atoms with Crippen LogP contribution in [0.15, 0.2) is 83.9 Å². The number of esters is 1. The van der Waals surface area contributed by atoms with Crippen molar-refractivity contribution < 1.29 is 23.9 Å². The predicted octanol–water partition coefficient (Wildman–Crippen LogP) is 5.30. The molecule has 2 amide bonds. The molecule has 0 bridgehead atoms. The van der Waals surface area contributed by atoms with E-state index in [1.807, 2.05) is 24.3 Å². The molecule has 6 rings (SSSR count). The molecule has 2 aliphatic rings. The number of amides is 2. The van der Waals surface area contributed by atoms with E-state index < -0.39 is 23.7 Å². The van der Waals surface area contributed by atoms with E-state index in [0.717, 1.165) is 34.2 Å². The summed E-state index contributed by atoms with van der Waals surface area (Å²) in [5.41, 5.74) is 6.58. The molecule has 1 aliphatic heterocycles. The van der Waals surface area contributed by atoms with Crippen LogP contribution in [0.25, 0.3) is 11.1 Å². The van der Waals surface area contributed by atoms with Crippen LogP contribution in [-0.4, -0.2) is 40.4 Å². The maximum Gasteiger partial charge on any atom is 0.338 e. The quantitative estimate of drug-likeness (QED) is 0.146. The number of aryl methyl sites for hydroxylation is 1. The second-order valence-electron chi connectivity index (χ2n) is 10.0. The minimum absolute atomic E-state index is 0.0370. The molecule has 3 aromatic carbocycles. The Morgan fingerprint density at radius 2 is 1.71 bits per heavy atom. The number of ketones is 1. The van der Waals surface area contributed by atoms with E-state index in [1.54, 1.807) is 25.1 Å². The normalized spacial score (nSPS) is 15.2. The van der Waals surface area contributed by atoms with Crippen molar-refractivity contribution in [1.29, 1.82) is 5.26 Å². The van der Waals surface area contributed by atoms with Gasteiger partial charge in [0.2, 0.25) is 11.8 Å². The lowest BCUT2D eigenvalue weighted by Crippen LogP contribution is -2.31. The van der Waals surface area contributed by atoms with E-state index in [4.69, 9.17) is 4.74 Å². The molecule has 1 saturated heterocycles. The lowest BCUT2D eigenvalue weighted by atomic mass is 10.0. The number of thioether (sulfide) groups is 1. The van der Waals surface area contributed by atoms with Gasteiger partial charge in [0.1, 0.15) is 11.1 Å². The highest BCUT2D eigenvalue weighted by atomic mass is 32.2. The average Bonchev–Trinajstić information content (AvgIpc) is 3.51. The summed E-state index contributed by atoms with van der Waals surface area (Å²) in [6.45, 7) is 1.37. The number of hydrogen-bond donors (Lipinski definition) is 0. The SMILES string of the molecule is Cc1ccc(C#N)c(SC2CC(=O)N(c3ccc(C(=O)OCC(=O)c4ccc5c(c4)Cc4ccccc4-5)cc3)C2=O)n1. The average molecular weight is 574 g/mol. The Bertz CT molecular complexity index is 1830. The number of benzene rings is 3. The molecule has 0 saturated carbocycles. The van der Waals surface area contributed by atoms with Crippen molar-refractivity contribution in [2.24, 2.45) is 0 Å². The number of carbonyl (C=O) groups is 4. The summed E-state index contributed by atoms with van der Waals surface area (Å²) >= 11 is 1.09. The summed E-state index contributed by atoms with van der Waals surface area (Å²) in [5.74, 6) is -1.80. The number of pyridine rings is 1. The van der Waals surface area contributed by atoms with Gasteiger partial charge in [0.25, 0.3) is 0 Å². The first kappa shape index (κ1) is 27.1. The number of imide groups is 1. The third kappa shape index (κ3) is 5.08. The molecule has 1 fully saturated rings. The van der Waals surface area contributed by atoms with E-state index >= 15 is 0 Å². The van der Waals surface area contributed by atoms with Gasteiger partial charge in [-0.25, -0.2) is 14.7 Å². The fraction of sp³-hybridized carbons (Fsp3) is 0.152. The third-order valence-electron chi connectivity index (χ3n) is 7.29. The van der Waals surface area contributed by atoms with Crippen LogP contribution in [0.5, 0.6) is 0 Å². The van der Waals surface area contributed by atoms with Gasteiger partial charge in [0, 0.05) is 17.7 Å². The third-order valence-corrected chi connectivity index (χ3v) is 8.48. The molecule has 1 atom stereocenters. The zero-order valence-electron chi connectivity index (χ0n) is 22.5. The first-order valence-electron chi connectivity index (χ1n) is 13.2. The lowest BCUT2D eigenvalue weighted by Gasteiger charge is -2.15. The Kier molecular flexibility index (Phi) is 7.15. The first-order valence-corrected chi connectivity index (χ1v) is 14.1. The molecular weight excluding hydrogens is 550 g/mol. The molecule has 4 aromatic rings. The van der Waals surface area contributed by atoms with Crippen LogP contribution < -0.4 is 4.90 Å². The minimum Gasteiger partial charge on any atom is -0.454 e. The topological polar surface area (TPSA) is 117 Å². The monoisotopic (exact) mass is 573 g/mol. The molecule has 0 radical (unpaired) electrons. The van der Waals surface area contributed by atoms with Crippen LogP contribution in [0.1, 0.15) is 49.5 Å². The van der Waals surface area contributed by atoms with Gasteiger partial charge in [-0.1, -0.05) is 48.2 Å². The van der Waals surface area contributed by atoms with Crippen molar-refractivity contribution in [3.8, 4) is 17.2 Å². The second kappa shape index (κ2) is 11.1.